The molecule has 0 radical (unpaired) electrons. The number of benzene rings is 2. The fraction of sp³-hybridized carbons (Fsp3) is 0.457. The molecule has 47 heavy (non-hydrogen) atoms. The molecular formula is C35H49N5O7. The van der Waals surface area contributed by atoms with E-state index < -0.39 is 47.1 Å². The minimum absolute atomic E-state index is 0. The third kappa shape index (κ3) is 11.5. The second-order valence-corrected chi connectivity index (χ2v) is 12.1. The maximum atomic E-state index is 13.7. The van der Waals surface area contributed by atoms with E-state index in [0.29, 0.717) is 17.8 Å². The SMILES string of the molecule is C.CCOC(=O)C(c1ccccc1)n1cc(NC(=O)[C@@H](COCc2ccccc2)NC(=O)C(C)(C)NC(=O)OC(C)(C)C)nc1CC. The summed E-state index contributed by atoms with van der Waals surface area (Å²) >= 11 is 0. The summed E-state index contributed by atoms with van der Waals surface area (Å²) in [4.78, 5) is 57.1. The lowest BCUT2D eigenvalue weighted by Crippen LogP contribution is -2.59. The number of nitrogens with one attached hydrogen (secondary N) is 3. The molecule has 12 nitrogen and oxygen atoms in total. The zero-order valence-electron chi connectivity index (χ0n) is 27.6. The highest BCUT2D eigenvalue weighted by atomic mass is 16.6. The van der Waals surface area contributed by atoms with E-state index in [0.717, 1.165) is 5.56 Å². The van der Waals surface area contributed by atoms with Crippen LogP contribution in [0, 0.1) is 0 Å². The van der Waals surface area contributed by atoms with Gasteiger partial charge in [0.15, 0.2) is 11.9 Å². The van der Waals surface area contributed by atoms with Gasteiger partial charge < -0.3 is 34.7 Å². The van der Waals surface area contributed by atoms with Gasteiger partial charge in [-0.25, -0.2) is 14.6 Å². The van der Waals surface area contributed by atoms with E-state index in [1.54, 1.807) is 38.5 Å². The van der Waals surface area contributed by atoms with Crippen LogP contribution in [0.5, 0.6) is 0 Å². The second kappa shape index (κ2) is 17.3. The third-order valence-corrected chi connectivity index (χ3v) is 6.68. The Kier molecular flexibility index (Phi) is 14.1. The Morgan fingerprint density at radius 3 is 2.11 bits per heavy atom. The van der Waals surface area contributed by atoms with E-state index in [1.165, 1.54) is 13.8 Å². The highest BCUT2D eigenvalue weighted by Crippen LogP contribution is 2.25. The van der Waals surface area contributed by atoms with E-state index in [-0.39, 0.29) is 33.1 Å². The summed E-state index contributed by atoms with van der Waals surface area (Å²) in [5.41, 5.74) is -0.611. The fourth-order valence-corrected chi connectivity index (χ4v) is 4.46. The Bertz CT molecular complexity index is 1470. The molecule has 12 heteroatoms. The van der Waals surface area contributed by atoms with Crippen molar-refractivity contribution in [2.45, 2.75) is 92.1 Å². The molecule has 0 saturated heterocycles. The van der Waals surface area contributed by atoms with Crippen molar-refractivity contribution in [3.8, 4) is 0 Å². The van der Waals surface area contributed by atoms with Crippen molar-refractivity contribution in [3.05, 3.63) is 83.8 Å². The molecule has 2 atom stereocenters. The highest BCUT2D eigenvalue weighted by molar-refractivity contribution is 5.98. The van der Waals surface area contributed by atoms with Crippen LogP contribution in [0.15, 0.2) is 66.9 Å². The minimum Gasteiger partial charge on any atom is -0.464 e. The number of ether oxygens (including phenoxy) is 3. The Morgan fingerprint density at radius 1 is 0.915 bits per heavy atom. The zero-order valence-corrected chi connectivity index (χ0v) is 27.6. The fourth-order valence-electron chi connectivity index (χ4n) is 4.46. The van der Waals surface area contributed by atoms with Gasteiger partial charge in [0.05, 0.1) is 19.8 Å². The summed E-state index contributed by atoms with van der Waals surface area (Å²) < 4.78 is 18.2. The van der Waals surface area contributed by atoms with Gasteiger partial charge in [-0.3, -0.25) is 9.59 Å². The van der Waals surface area contributed by atoms with Crippen LogP contribution < -0.4 is 16.0 Å². The first-order valence-corrected chi connectivity index (χ1v) is 15.3. The molecule has 1 heterocycles. The molecule has 3 amide bonds. The Morgan fingerprint density at radius 2 is 1.53 bits per heavy atom. The molecule has 0 fully saturated rings. The van der Waals surface area contributed by atoms with Crippen molar-refractivity contribution >= 4 is 29.7 Å². The van der Waals surface area contributed by atoms with Crippen LogP contribution in [-0.2, 0) is 41.6 Å². The number of hydrogen-bond donors (Lipinski definition) is 3. The van der Waals surface area contributed by atoms with Gasteiger partial charge in [-0.2, -0.15) is 0 Å². The molecule has 3 rings (SSSR count). The van der Waals surface area contributed by atoms with Crippen molar-refractivity contribution in [1.29, 1.82) is 0 Å². The Labute approximate surface area is 277 Å². The average molecular weight is 652 g/mol. The number of alkyl carbamates (subject to hydrolysis) is 1. The summed E-state index contributed by atoms with van der Waals surface area (Å²) in [5.74, 6) is -0.971. The zero-order chi connectivity index (χ0) is 33.9. The lowest BCUT2D eigenvalue weighted by molar-refractivity contribution is -0.145. The molecule has 0 aliphatic heterocycles. The van der Waals surface area contributed by atoms with E-state index >= 15 is 0 Å². The van der Waals surface area contributed by atoms with Crippen LogP contribution in [0.2, 0.25) is 0 Å². The van der Waals surface area contributed by atoms with Crippen molar-refractivity contribution in [2.75, 3.05) is 18.5 Å². The monoisotopic (exact) mass is 651 g/mol. The number of esters is 1. The number of anilines is 1. The number of carbonyl (C=O) groups excluding carboxylic acids is 4. The predicted molar refractivity (Wildman–Crippen MR) is 180 cm³/mol. The van der Waals surface area contributed by atoms with Crippen LogP contribution in [0.1, 0.15) is 78.9 Å². The number of hydrogen-bond acceptors (Lipinski definition) is 8. The van der Waals surface area contributed by atoms with Crippen LogP contribution >= 0.6 is 0 Å². The maximum absolute atomic E-state index is 13.7. The number of amides is 3. The predicted octanol–water partition coefficient (Wildman–Crippen LogP) is 5.18. The minimum atomic E-state index is -1.43. The quantitative estimate of drug-likeness (QED) is 0.202. The number of nitrogens with zero attached hydrogens (tertiary/aromatic N) is 2. The van der Waals surface area contributed by atoms with Crippen LogP contribution in [-0.4, -0.2) is 63.8 Å². The molecule has 0 aliphatic carbocycles. The third-order valence-electron chi connectivity index (χ3n) is 6.68. The summed E-state index contributed by atoms with van der Waals surface area (Å²) in [7, 11) is 0. The Hall–Kier alpha value is -4.71. The topological polar surface area (TPSA) is 150 Å². The van der Waals surface area contributed by atoms with E-state index in [2.05, 4.69) is 20.9 Å². The van der Waals surface area contributed by atoms with Crippen LogP contribution in [0.4, 0.5) is 10.6 Å². The summed E-state index contributed by atoms with van der Waals surface area (Å²) in [6.45, 7) is 12.0. The summed E-state index contributed by atoms with van der Waals surface area (Å²) in [6.07, 6.45) is 1.26. The number of carbonyl (C=O) groups is 4. The number of rotatable bonds is 14. The first-order chi connectivity index (χ1) is 21.7. The normalized spacial score (nSPS) is 12.6. The maximum Gasteiger partial charge on any atom is 0.408 e. The molecule has 0 aliphatic rings. The molecule has 3 aromatic rings. The van der Waals surface area contributed by atoms with Gasteiger partial charge in [-0.1, -0.05) is 75.0 Å². The van der Waals surface area contributed by atoms with Gasteiger partial charge >= 0.3 is 12.1 Å². The largest absolute Gasteiger partial charge is 0.464 e. The molecule has 0 bridgehead atoms. The average Bonchev–Trinajstić information content (AvgIpc) is 3.38. The smallest absolute Gasteiger partial charge is 0.408 e. The highest BCUT2D eigenvalue weighted by Gasteiger charge is 2.35. The van der Waals surface area contributed by atoms with Crippen molar-refractivity contribution in [2.24, 2.45) is 0 Å². The van der Waals surface area contributed by atoms with Gasteiger partial charge in [-0.15, -0.1) is 0 Å². The molecule has 0 saturated carbocycles. The van der Waals surface area contributed by atoms with Crippen LogP contribution in [0.3, 0.4) is 0 Å². The van der Waals surface area contributed by atoms with E-state index in [4.69, 9.17) is 14.2 Å². The molecule has 256 valence electrons. The Balaban J connectivity index is 0.00000768. The van der Waals surface area contributed by atoms with Crippen molar-refractivity contribution in [1.82, 2.24) is 20.2 Å². The number of aryl methyl sites for hydroxylation is 1. The summed E-state index contributed by atoms with van der Waals surface area (Å²) in [6, 6.07) is 16.6. The number of imidazole rings is 1. The molecule has 0 spiro atoms. The molecule has 3 N–H and O–H groups in total. The van der Waals surface area contributed by atoms with Gasteiger partial charge in [0.25, 0.3) is 5.91 Å². The first kappa shape index (κ1) is 38.5. The summed E-state index contributed by atoms with van der Waals surface area (Å²) in [5, 5.41) is 8.01. The van der Waals surface area contributed by atoms with Gasteiger partial charge in [0.2, 0.25) is 5.91 Å². The molecule has 2 aromatic carbocycles. The van der Waals surface area contributed by atoms with Gasteiger partial charge in [0, 0.05) is 12.6 Å². The van der Waals surface area contributed by atoms with E-state index in [9.17, 15) is 19.2 Å². The molecule has 1 unspecified atom stereocenters. The second-order valence-electron chi connectivity index (χ2n) is 12.1. The molecule has 1 aromatic heterocycles. The van der Waals surface area contributed by atoms with E-state index in [1.807, 2.05) is 67.6 Å². The lowest BCUT2D eigenvalue weighted by atomic mass is 10.0. The number of aromatic nitrogens is 2. The lowest BCUT2D eigenvalue weighted by Gasteiger charge is -2.29. The van der Waals surface area contributed by atoms with Crippen molar-refractivity contribution in [3.63, 3.8) is 0 Å². The van der Waals surface area contributed by atoms with Gasteiger partial charge in [0.1, 0.15) is 23.0 Å². The molecular weight excluding hydrogens is 602 g/mol. The first-order valence-electron chi connectivity index (χ1n) is 15.3. The van der Waals surface area contributed by atoms with Gasteiger partial charge in [-0.05, 0) is 52.7 Å². The van der Waals surface area contributed by atoms with Crippen LogP contribution in [0.25, 0.3) is 0 Å². The standard InChI is InChI=1S/C34H45N5O7.CH4/c1-8-27-36-26(20-39(27)28(30(41)45-9-2)24-18-14-11-15-19-24)37-29(40)25(22-44-21-23-16-12-10-13-17-23)35-31(42)34(6,7)38-32(43)46-33(3,4)5;/h10-20,25,28H,8-9,21-22H2,1-7H3,(H,35,42)(H,37,40)(H,38,43);1H4/t25-,28?;/m1./s1. The van der Waals surface area contributed by atoms with Crippen molar-refractivity contribution < 1.29 is 33.4 Å².